The van der Waals surface area contributed by atoms with Gasteiger partial charge in [-0.3, -0.25) is 4.79 Å². The molecule has 1 heterocycles. The molecule has 1 aliphatic rings. The van der Waals surface area contributed by atoms with E-state index in [2.05, 4.69) is 0 Å². The third-order valence-electron chi connectivity index (χ3n) is 2.35. The molecular weight excluding hydrogens is 212 g/mol. The van der Waals surface area contributed by atoms with E-state index in [1.807, 2.05) is 0 Å². The fourth-order valence-electron chi connectivity index (χ4n) is 1.42. The van der Waals surface area contributed by atoms with Crippen LogP contribution in [0.15, 0.2) is 0 Å². The molecule has 6 nitrogen and oxygen atoms in total. The first-order valence-corrected chi connectivity index (χ1v) is 5.17. The Balaban J connectivity index is 2.36. The van der Waals surface area contributed by atoms with E-state index in [1.54, 1.807) is 20.8 Å². The highest BCUT2D eigenvalue weighted by atomic mass is 16.6. The predicted octanol–water partition coefficient (Wildman–Crippen LogP) is 0.265. The SMILES string of the molecule is CC(C)(C)OC(=O)N1CC([C@H](N)C(=O)O)C1. The second-order valence-electron chi connectivity index (χ2n) is 5.01. The maximum Gasteiger partial charge on any atom is 0.410 e. The number of carbonyl (C=O) groups excluding carboxylic acids is 1. The molecule has 0 bridgehead atoms. The van der Waals surface area contributed by atoms with Gasteiger partial charge in [0.05, 0.1) is 0 Å². The number of nitrogens with two attached hydrogens (primary N) is 1. The minimum absolute atomic E-state index is 0.176. The van der Waals surface area contributed by atoms with E-state index in [0.717, 1.165) is 0 Å². The van der Waals surface area contributed by atoms with E-state index in [0.29, 0.717) is 13.1 Å². The topological polar surface area (TPSA) is 92.9 Å². The third-order valence-corrected chi connectivity index (χ3v) is 2.35. The zero-order chi connectivity index (χ0) is 12.5. The molecule has 3 N–H and O–H groups in total. The molecule has 1 rings (SSSR count). The molecule has 92 valence electrons. The Bertz CT molecular complexity index is 292. The quantitative estimate of drug-likeness (QED) is 0.710. The number of hydrogen-bond donors (Lipinski definition) is 2. The van der Waals surface area contributed by atoms with Crippen LogP contribution in [0.5, 0.6) is 0 Å². The number of rotatable bonds is 2. The van der Waals surface area contributed by atoms with Gasteiger partial charge in [-0.05, 0) is 20.8 Å². The highest BCUT2D eigenvalue weighted by molar-refractivity contribution is 5.75. The summed E-state index contributed by atoms with van der Waals surface area (Å²) in [5.41, 5.74) is 4.90. The number of nitrogens with zero attached hydrogens (tertiary/aromatic N) is 1. The van der Waals surface area contributed by atoms with Gasteiger partial charge in [-0.15, -0.1) is 0 Å². The summed E-state index contributed by atoms with van der Waals surface area (Å²) in [5.74, 6) is -1.21. The standard InChI is InChI=1S/C10H18N2O4/c1-10(2,3)16-9(15)12-4-6(5-12)7(11)8(13)14/h6-7H,4-5,11H2,1-3H3,(H,13,14)/t7-/m0/s1. The number of carboxylic acids is 1. The number of carbonyl (C=O) groups is 2. The first kappa shape index (κ1) is 12.8. The number of aliphatic carboxylic acids is 1. The summed E-state index contributed by atoms with van der Waals surface area (Å²) < 4.78 is 5.13. The molecule has 1 amide bonds. The molecule has 0 saturated carbocycles. The van der Waals surface area contributed by atoms with Crippen LogP contribution in [0.1, 0.15) is 20.8 Å². The van der Waals surface area contributed by atoms with Crippen molar-refractivity contribution in [3.8, 4) is 0 Å². The Kier molecular flexibility index (Phi) is 3.42. The lowest BCUT2D eigenvalue weighted by Gasteiger charge is -2.41. The predicted molar refractivity (Wildman–Crippen MR) is 56.9 cm³/mol. The first-order valence-electron chi connectivity index (χ1n) is 5.17. The molecule has 0 unspecified atom stereocenters. The van der Waals surface area contributed by atoms with Crippen molar-refractivity contribution in [1.29, 1.82) is 0 Å². The van der Waals surface area contributed by atoms with Gasteiger partial charge in [-0.25, -0.2) is 4.79 Å². The van der Waals surface area contributed by atoms with Gasteiger partial charge in [0.15, 0.2) is 0 Å². The zero-order valence-electron chi connectivity index (χ0n) is 9.77. The number of ether oxygens (including phenoxy) is 1. The summed E-state index contributed by atoms with van der Waals surface area (Å²) >= 11 is 0. The molecule has 0 radical (unpaired) electrons. The van der Waals surface area contributed by atoms with Crippen molar-refractivity contribution in [2.24, 2.45) is 11.7 Å². The van der Waals surface area contributed by atoms with Crippen molar-refractivity contribution in [3.05, 3.63) is 0 Å². The normalized spacial score (nSPS) is 18.9. The fraction of sp³-hybridized carbons (Fsp3) is 0.800. The smallest absolute Gasteiger partial charge is 0.410 e. The van der Waals surface area contributed by atoms with Gasteiger partial charge in [-0.2, -0.15) is 0 Å². The van der Waals surface area contributed by atoms with Crippen molar-refractivity contribution in [1.82, 2.24) is 4.90 Å². The number of amides is 1. The van der Waals surface area contributed by atoms with E-state index < -0.39 is 23.7 Å². The van der Waals surface area contributed by atoms with E-state index in [-0.39, 0.29) is 5.92 Å². The summed E-state index contributed by atoms with van der Waals surface area (Å²) in [6.45, 7) is 6.05. The fourth-order valence-corrected chi connectivity index (χ4v) is 1.42. The van der Waals surface area contributed by atoms with Gasteiger partial charge in [0.25, 0.3) is 0 Å². The van der Waals surface area contributed by atoms with Gasteiger partial charge in [0.1, 0.15) is 11.6 Å². The van der Waals surface area contributed by atoms with Crippen LogP contribution in [0.3, 0.4) is 0 Å². The lowest BCUT2D eigenvalue weighted by molar-refractivity contribution is -0.141. The number of carboxylic acid groups (broad SMARTS) is 1. The maximum atomic E-state index is 11.5. The molecule has 1 fully saturated rings. The number of hydrogen-bond acceptors (Lipinski definition) is 4. The Labute approximate surface area is 94.3 Å². The van der Waals surface area contributed by atoms with Crippen molar-refractivity contribution >= 4 is 12.1 Å². The summed E-state index contributed by atoms with van der Waals surface area (Å²) in [5, 5.41) is 8.67. The molecule has 1 saturated heterocycles. The molecule has 0 aromatic carbocycles. The molecule has 16 heavy (non-hydrogen) atoms. The van der Waals surface area contributed by atoms with Crippen LogP contribution in [-0.2, 0) is 9.53 Å². The Morgan fingerprint density at radius 1 is 1.44 bits per heavy atom. The monoisotopic (exact) mass is 230 g/mol. The van der Waals surface area contributed by atoms with Crippen LogP contribution >= 0.6 is 0 Å². The van der Waals surface area contributed by atoms with Gasteiger partial charge in [0, 0.05) is 19.0 Å². The summed E-state index contributed by atoms with van der Waals surface area (Å²) in [7, 11) is 0. The highest BCUT2D eigenvalue weighted by Crippen LogP contribution is 2.21. The van der Waals surface area contributed by atoms with Crippen molar-refractivity contribution in [2.45, 2.75) is 32.4 Å². The number of likely N-dealkylation sites (tertiary alicyclic amines) is 1. The Hall–Kier alpha value is -1.30. The first-order chi connectivity index (χ1) is 7.20. The second kappa shape index (κ2) is 4.29. The zero-order valence-corrected chi connectivity index (χ0v) is 9.77. The average Bonchev–Trinajstić information content (AvgIpc) is 1.96. The van der Waals surface area contributed by atoms with E-state index in [9.17, 15) is 9.59 Å². The van der Waals surface area contributed by atoms with Crippen molar-refractivity contribution in [3.63, 3.8) is 0 Å². The Morgan fingerprint density at radius 3 is 2.31 bits per heavy atom. The average molecular weight is 230 g/mol. The van der Waals surface area contributed by atoms with Crippen LogP contribution in [-0.4, -0.2) is 46.8 Å². The molecule has 6 heteroatoms. The van der Waals surface area contributed by atoms with Gasteiger partial charge >= 0.3 is 12.1 Å². The van der Waals surface area contributed by atoms with Crippen LogP contribution < -0.4 is 5.73 Å². The van der Waals surface area contributed by atoms with Gasteiger partial charge < -0.3 is 20.5 Å². The molecule has 1 atom stereocenters. The van der Waals surface area contributed by atoms with Gasteiger partial charge in [0.2, 0.25) is 0 Å². The lowest BCUT2D eigenvalue weighted by atomic mass is 9.93. The summed E-state index contributed by atoms with van der Waals surface area (Å²) in [6, 6.07) is -0.904. The van der Waals surface area contributed by atoms with E-state index in [1.165, 1.54) is 4.90 Å². The lowest BCUT2D eigenvalue weighted by Crippen LogP contribution is -2.59. The second-order valence-corrected chi connectivity index (χ2v) is 5.01. The highest BCUT2D eigenvalue weighted by Gasteiger charge is 2.39. The van der Waals surface area contributed by atoms with E-state index >= 15 is 0 Å². The minimum atomic E-state index is -1.03. The van der Waals surface area contributed by atoms with Crippen LogP contribution in [0.4, 0.5) is 4.79 Å². The summed E-state index contributed by atoms with van der Waals surface area (Å²) in [4.78, 5) is 23.5. The molecule has 0 spiro atoms. The van der Waals surface area contributed by atoms with Crippen LogP contribution in [0.2, 0.25) is 0 Å². The van der Waals surface area contributed by atoms with Crippen LogP contribution in [0.25, 0.3) is 0 Å². The largest absolute Gasteiger partial charge is 0.480 e. The van der Waals surface area contributed by atoms with Crippen LogP contribution in [0, 0.1) is 5.92 Å². The third kappa shape index (κ3) is 3.10. The maximum absolute atomic E-state index is 11.5. The molecule has 0 aliphatic carbocycles. The summed E-state index contributed by atoms with van der Waals surface area (Å²) in [6.07, 6.45) is -0.415. The minimum Gasteiger partial charge on any atom is -0.480 e. The Morgan fingerprint density at radius 2 is 1.94 bits per heavy atom. The molecule has 0 aromatic heterocycles. The molecular formula is C10H18N2O4. The van der Waals surface area contributed by atoms with Gasteiger partial charge in [-0.1, -0.05) is 0 Å². The molecule has 1 aliphatic heterocycles. The van der Waals surface area contributed by atoms with E-state index in [4.69, 9.17) is 15.6 Å². The van der Waals surface area contributed by atoms with Crippen molar-refractivity contribution in [2.75, 3.05) is 13.1 Å². The van der Waals surface area contributed by atoms with Crippen molar-refractivity contribution < 1.29 is 19.4 Å². The molecule has 0 aromatic rings.